The van der Waals surface area contributed by atoms with Gasteiger partial charge in [-0.05, 0) is 19.1 Å². The number of aryl methyl sites for hydroxylation is 1. The second-order valence-electron chi connectivity index (χ2n) is 3.70. The Labute approximate surface area is 113 Å². The molecule has 0 aliphatic rings. The third-order valence-electron chi connectivity index (χ3n) is 2.30. The molecule has 2 aromatic rings. The fourth-order valence-electron chi connectivity index (χ4n) is 1.35. The van der Waals surface area contributed by atoms with Gasteiger partial charge in [-0.25, -0.2) is 10.8 Å². The van der Waals surface area contributed by atoms with E-state index in [0.29, 0.717) is 0 Å². The summed E-state index contributed by atoms with van der Waals surface area (Å²) in [6, 6.07) is 7.61. The van der Waals surface area contributed by atoms with Crippen molar-refractivity contribution in [3.05, 3.63) is 46.1 Å². The van der Waals surface area contributed by atoms with Gasteiger partial charge in [0.25, 0.3) is 0 Å². The molecule has 0 aliphatic carbocycles. The summed E-state index contributed by atoms with van der Waals surface area (Å²) < 4.78 is 0. The van der Waals surface area contributed by atoms with E-state index in [1.165, 1.54) is 11.8 Å². The molecular weight excluding hydrogens is 266 g/mol. The number of benzene rings is 1. The van der Waals surface area contributed by atoms with Crippen LogP contribution in [0.5, 0.6) is 0 Å². The number of hydrazine groups is 1. The number of nitrogens with two attached hydrogens (primary N) is 1. The molecule has 0 radical (unpaired) electrons. The molecule has 1 aromatic heterocycles. The van der Waals surface area contributed by atoms with Crippen molar-refractivity contribution in [1.82, 2.24) is 9.97 Å². The highest BCUT2D eigenvalue weighted by molar-refractivity contribution is 7.99. The lowest BCUT2D eigenvalue weighted by Gasteiger charge is -2.04. The quantitative estimate of drug-likeness (QED) is 0.381. The number of nitrogens with zero attached hydrogens (tertiary/aromatic N) is 3. The van der Waals surface area contributed by atoms with E-state index in [1.54, 1.807) is 0 Å². The van der Waals surface area contributed by atoms with Crippen LogP contribution in [0.3, 0.4) is 0 Å². The fraction of sp³-hybridized carbons (Fsp3) is 0.0909. The van der Waals surface area contributed by atoms with Gasteiger partial charge in [-0.1, -0.05) is 29.5 Å². The molecule has 0 saturated carbocycles. The summed E-state index contributed by atoms with van der Waals surface area (Å²) in [4.78, 5) is 19.0. The average Bonchev–Trinajstić information content (AvgIpc) is 2.41. The molecule has 7 nitrogen and oxygen atoms in total. The predicted molar refractivity (Wildman–Crippen MR) is 71.8 cm³/mol. The average molecular weight is 277 g/mol. The van der Waals surface area contributed by atoms with Crippen LogP contribution in [0.4, 0.5) is 11.6 Å². The molecule has 0 atom stereocenters. The summed E-state index contributed by atoms with van der Waals surface area (Å²) in [6.07, 6.45) is 1.14. The van der Waals surface area contributed by atoms with Crippen molar-refractivity contribution in [2.45, 2.75) is 16.8 Å². The summed E-state index contributed by atoms with van der Waals surface area (Å²) in [5.74, 6) is 5.34. The molecule has 0 saturated heterocycles. The first-order chi connectivity index (χ1) is 9.10. The van der Waals surface area contributed by atoms with Crippen LogP contribution in [0, 0.1) is 17.0 Å². The molecule has 98 valence electrons. The van der Waals surface area contributed by atoms with Gasteiger partial charge in [0, 0.05) is 4.90 Å². The zero-order chi connectivity index (χ0) is 13.8. The molecular formula is C11H11N5O2S. The zero-order valence-electron chi connectivity index (χ0n) is 10.0. The van der Waals surface area contributed by atoms with Crippen molar-refractivity contribution < 1.29 is 4.92 Å². The maximum atomic E-state index is 10.9. The van der Waals surface area contributed by atoms with Crippen LogP contribution in [0.25, 0.3) is 0 Å². The minimum Gasteiger partial charge on any atom is -0.292 e. The van der Waals surface area contributed by atoms with Crippen LogP contribution >= 0.6 is 11.8 Å². The minimum absolute atomic E-state index is 0.139. The van der Waals surface area contributed by atoms with Crippen LogP contribution in [0.15, 0.2) is 40.4 Å². The Hall–Kier alpha value is -2.19. The normalized spacial score (nSPS) is 10.2. The SMILES string of the molecule is Cc1ccc(Sc2nc(NN)ncc2[N+](=O)[O-])cc1. The molecule has 3 N–H and O–H groups in total. The lowest BCUT2D eigenvalue weighted by atomic mass is 10.2. The van der Waals surface area contributed by atoms with Gasteiger partial charge in [-0.2, -0.15) is 4.98 Å². The topological polar surface area (TPSA) is 107 Å². The van der Waals surface area contributed by atoms with E-state index in [1.807, 2.05) is 31.2 Å². The Morgan fingerprint density at radius 2 is 2.05 bits per heavy atom. The van der Waals surface area contributed by atoms with Gasteiger partial charge in [-0.3, -0.25) is 15.5 Å². The minimum atomic E-state index is -0.517. The van der Waals surface area contributed by atoms with Crippen molar-refractivity contribution in [1.29, 1.82) is 0 Å². The van der Waals surface area contributed by atoms with Crippen molar-refractivity contribution in [2.24, 2.45) is 5.84 Å². The first-order valence-electron chi connectivity index (χ1n) is 5.32. The van der Waals surface area contributed by atoms with Crippen LogP contribution in [0.1, 0.15) is 5.56 Å². The number of anilines is 1. The monoisotopic (exact) mass is 277 g/mol. The smallest absolute Gasteiger partial charge is 0.292 e. The van der Waals surface area contributed by atoms with Gasteiger partial charge in [0.15, 0.2) is 5.03 Å². The van der Waals surface area contributed by atoms with E-state index < -0.39 is 4.92 Å². The summed E-state index contributed by atoms with van der Waals surface area (Å²) in [5, 5.41) is 11.2. The Morgan fingerprint density at radius 1 is 1.37 bits per heavy atom. The van der Waals surface area contributed by atoms with Crippen LogP contribution in [0.2, 0.25) is 0 Å². The molecule has 0 spiro atoms. The lowest BCUT2D eigenvalue weighted by Crippen LogP contribution is -2.11. The van der Waals surface area contributed by atoms with E-state index in [-0.39, 0.29) is 16.7 Å². The van der Waals surface area contributed by atoms with E-state index in [4.69, 9.17) is 5.84 Å². The summed E-state index contributed by atoms with van der Waals surface area (Å²) >= 11 is 1.19. The number of aromatic nitrogens is 2. The lowest BCUT2D eigenvalue weighted by molar-refractivity contribution is -0.388. The Kier molecular flexibility index (Phi) is 3.93. The highest BCUT2D eigenvalue weighted by Gasteiger charge is 2.18. The number of rotatable bonds is 4. The number of nitro groups is 1. The van der Waals surface area contributed by atoms with Crippen molar-refractivity contribution in [2.75, 3.05) is 5.43 Å². The van der Waals surface area contributed by atoms with Gasteiger partial charge in [-0.15, -0.1) is 0 Å². The summed E-state index contributed by atoms with van der Waals surface area (Å²) in [6.45, 7) is 1.97. The molecule has 8 heteroatoms. The third kappa shape index (κ3) is 3.18. The summed E-state index contributed by atoms with van der Waals surface area (Å²) in [5.41, 5.74) is 3.24. The molecule has 19 heavy (non-hydrogen) atoms. The van der Waals surface area contributed by atoms with E-state index in [0.717, 1.165) is 16.7 Å². The van der Waals surface area contributed by atoms with E-state index >= 15 is 0 Å². The molecule has 0 bridgehead atoms. The van der Waals surface area contributed by atoms with E-state index in [2.05, 4.69) is 15.4 Å². The van der Waals surface area contributed by atoms with Crippen molar-refractivity contribution >= 4 is 23.4 Å². The second kappa shape index (κ2) is 5.63. The third-order valence-corrected chi connectivity index (χ3v) is 3.30. The van der Waals surface area contributed by atoms with Crippen LogP contribution in [-0.2, 0) is 0 Å². The molecule has 0 unspecified atom stereocenters. The number of nitrogens with one attached hydrogen (secondary N) is 1. The maximum absolute atomic E-state index is 10.9. The number of hydrogen-bond acceptors (Lipinski definition) is 7. The Balaban J connectivity index is 2.36. The summed E-state index contributed by atoms with van der Waals surface area (Å²) in [7, 11) is 0. The second-order valence-corrected chi connectivity index (χ2v) is 4.76. The number of hydrogen-bond donors (Lipinski definition) is 2. The standard InChI is InChI=1S/C11H11N5O2S/c1-7-2-4-8(5-3-7)19-10-9(16(17)18)6-13-11(14-10)15-12/h2-6H,12H2,1H3,(H,13,14,15). The van der Waals surface area contributed by atoms with Gasteiger partial charge in [0.05, 0.1) is 4.92 Å². The Morgan fingerprint density at radius 3 is 2.63 bits per heavy atom. The van der Waals surface area contributed by atoms with Crippen molar-refractivity contribution in [3.63, 3.8) is 0 Å². The first-order valence-corrected chi connectivity index (χ1v) is 6.14. The van der Waals surface area contributed by atoms with Crippen molar-refractivity contribution in [3.8, 4) is 0 Å². The largest absolute Gasteiger partial charge is 0.320 e. The molecule has 1 heterocycles. The van der Waals surface area contributed by atoms with Gasteiger partial charge < -0.3 is 0 Å². The highest BCUT2D eigenvalue weighted by Crippen LogP contribution is 2.33. The van der Waals surface area contributed by atoms with Crippen LogP contribution in [-0.4, -0.2) is 14.9 Å². The van der Waals surface area contributed by atoms with Gasteiger partial charge in [0.2, 0.25) is 5.95 Å². The molecule has 0 aliphatic heterocycles. The van der Waals surface area contributed by atoms with E-state index in [9.17, 15) is 10.1 Å². The molecule has 0 amide bonds. The fourth-order valence-corrected chi connectivity index (χ4v) is 2.21. The number of nitrogen functional groups attached to an aromatic ring is 1. The van der Waals surface area contributed by atoms with Crippen LogP contribution < -0.4 is 11.3 Å². The van der Waals surface area contributed by atoms with Gasteiger partial charge >= 0.3 is 5.69 Å². The zero-order valence-corrected chi connectivity index (χ0v) is 10.8. The first kappa shape index (κ1) is 13.2. The highest BCUT2D eigenvalue weighted by atomic mass is 32.2. The van der Waals surface area contributed by atoms with Gasteiger partial charge in [0.1, 0.15) is 6.20 Å². The predicted octanol–water partition coefficient (Wildman–Crippen LogP) is 2.13. The Bertz CT molecular complexity index is 603. The molecule has 1 aromatic carbocycles. The molecule has 2 rings (SSSR count). The molecule has 0 fully saturated rings. The maximum Gasteiger partial charge on any atom is 0.320 e.